The van der Waals surface area contributed by atoms with Gasteiger partial charge in [-0.05, 0) is 51.7 Å². The lowest BCUT2D eigenvalue weighted by molar-refractivity contribution is 0.175. The van der Waals surface area contributed by atoms with Gasteiger partial charge >= 0.3 is 0 Å². The van der Waals surface area contributed by atoms with Crippen LogP contribution in [-0.4, -0.2) is 45.2 Å². The standard InChI is InChI=1S/C17H27Cl2N3/c1-20-17(14-8-7-13(18)12-15(14)19)9-5-4-6-16(17)21-10-11-22(2)3/h7-8,12,16,20-21H,4-6,9-11H2,1-3H3. The Morgan fingerprint density at radius 2 is 2.05 bits per heavy atom. The smallest absolute Gasteiger partial charge is 0.0602 e. The summed E-state index contributed by atoms with van der Waals surface area (Å²) in [7, 11) is 6.24. The van der Waals surface area contributed by atoms with Crippen LogP contribution >= 0.6 is 23.2 Å². The third-order valence-corrected chi connectivity index (χ3v) is 5.26. The summed E-state index contributed by atoms with van der Waals surface area (Å²) in [6, 6.07) is 6.24. The zero-order valence-electron chi connectivity index (χ0n) is 13.8. The van der Waals surface area contributed by atoms with E-state index in [1.807, 2.05) is 19.2 Å². The molecule has 1 fully saturated rings. The molecule has 0 amide bonds. The van der Waals surface area contributed by atoms with E-state index in [2.05, 4.69) is 35.7 Å². The van der Waals surface area contributed by atoms with E-state index in [0.29, 0.717) is 11.1 Å². The molecule has 1 aromatic carbocycles. The number of nitrogens with one attached hydrogen (secondary N) is 2. The predicted molar refractivity (Wildman–Crippen MR) is 96.0 cm³/mol. The van der Waals surface area contributed by atoms with Crippen LogP contribution in [0.25, 0.3) is 0 Å². The second-order valence-corrected chi connectivity index (χ2v) is 7.24. The maximum atomic E-state index is 6.52. The number of nitrogens with zero attached hydrogens (tertiary/aromatic N) is 1. The second kappa shape index (κ2) is 7.98. The summed E-state index contributed by atoms with van der Waals surface area (Å²) in [5, 5.41) is 8.76. The van der Waals surface area contributed by atoms with Gasteiger partial charge in [-0.2, -0.15) is 0 Å². The van der Waals surface area contributed by atoms with E-state index in [1.165, 1.54) is 12.8 Å². The molecule has 0 aromatic heterocycles. The number of hydrogen-bond donors (Lipinski definition) is 2. The van der Waals surface area contributed by atoms with Crippen LogP contribution < -0.4 is 10.6 Å². The summed E-state index contributed by atoms with van der Waals surface area (Å²) in [6.07, 6.45) is 4.72. The summed E-state index contributed by atoms with van der Waals surface area (Å²) < 4.78 is 0. The molecule has 0 bridgehead atoms. The monoisotopic (exact) mass is 343 g/mol. The molecule has 2 unspecified atom stereocenters. The molecule has 0 radical (unpaired) electrons. The minimum atomic E-state index is -0.119. The summed E-state index contributed by atoms with van der Waals surface area (Å²) >= 11 is 12.6. The second-order valence-electron chi connectivity index (χ2n) is 6.40. The molecule has 2 atom stereocenters. The minimum Gasteiger partial charge on any atom is -0.311 e. The van der Waals surface area contributed by atoms with Gasteiger partial charge < -0.3 is 15.5 Å². The Morgan fingerprint density at radius 1 is 1.27 bits per heavy atom. The van der Waals surface area contributed by atoms with E-state index in [-0.39, 0.29) is 5.54 Å². The van der Waals surface area contributed by atoms with Crippen LogP contribution in [0.1, 0.15) is 31.2 Å². The first kappa shape index (κ1) is 18.0. The summed E-state index contributed by atoms with van der Waals surface area (Å²) in [6.45, 7) is 2.01. The lowest BCUT2D eigenvalue weighted by Crippen LogP contribution is -2.58. The molecule has 1 aliphatic rings. The van der Waals surface area contributed by atoms with Gasteiger partial charge in [0, 0.05) is 29.2 Å². The van der Waals surface area contributed by atoms with Crippen LogP contribution in [0.15, 0.2) is 18.2 Å². The Kier molecular flexibility index (Phi) is 6.54. The quantitative estimate of drug-likeness (QED) is 0.827. The zero-order valence-corrected chi connectivity index (χ0v) is 15.3. The summed E-state index contributed by atoms with van der Waals surface area (Å²) in [5.74, 6) is 0. The van der Waals surface area contributed by atoms with E-state index in [0.717, 1.165) is 36.5 Å². The first-order valence-electron chi connectivity index (χ1n) is 8.02. The molecular formula is C17H27Cl2N3. The average molecular weight is 344 g/mol. The van der Waals surface area contributed by atoms with Gasteiger partial charge in [-0.15, -0.1) is 0 Å². The van der Waals surface area contributed by atoms with Crippen molar-refractivity contribution in [3.8, 4) is 0 Å². The third kappa shape index (κ3) is 3.95. The Morgan fingerprint density at radius 3 is 2.68 bits per heavy atom. The summed E-state index contributed by atoms with van der Waals surface area (Å²) in [5.41, 5.74) is 1.04. The molecule has 0 aliphatic heterocycles. The molecule has 0 heterocycles. The number of likely N-dealkylation sites (N-methyl/N-ethyl adjacent to an activating group) is 2. The largest absolute Gasteiger partial charge is 0.311 e. The number of benzene rings is 1. The van der Waals surface area contributed by atoms with Gasteiger partial charge in [0.2, 0.25) is 0 Å². The van der Waals surface area contributed by atoms with Crippen molar-refractivity contribution < 1.29 is 0 Å². The van der Waals surface area contributed by atoms with Crippen molar-refractivity contribution in [1.29, 1.82) is 0 Å². The van der Waals surface area contributed by atoms with Crippen LogP contribution in [0.5, 0.6) is 0 Å². The highest BCUT2D eigenvalue weighted by Gasteiger charge is 2.41. The van der Waals surface area contributed by atoms with E-state index < -0.39 is 0 Å². The fraction of sp³-hybridized carbons (Fsp3) is 0.647. The molecule has 1 aromatic rings. The highest BCUT2D eigenvalue weighted by atomic mass is 35.5. The Hall–Kier alpha value is -0.320. The maximum Gasteiger partial charge on any atom is 0.0602 e. The van der Waals surface area contributed by atoms with Crippen molar-refractivity contribution in [3.63, 3.8) is 0 Å². The normalized spacial score (nSPS) is 25.6. The fourth-order valence-electron chi connectivity index (χ4n) is 3.52. The van der Waals surface area contributed by atoms with E-state index in [1.54, 1.807) is 0 Å². The number of halogens is 2. The van der Waals surface area contributed by atoms with Crippen LogP contribution in [0.3, 0.4) is 0 Å². The number of rotatable bonds is 6. The van der Waals surface area contributed by atoms with Crippen molar-refractivity contribution in [2.45, 2.75) is 37.3 Å². The SMILES string of the molecule is CNC1(c2ccc(Cl)cc2Cl)CCCCC1NCCN(C)C. The van der Waals surface area contributed by atoms with E-state index >= 15 is 0 Å². The van der Waals surface area contributed by atoms with Crippen molar-refractivity contribution in [2.24, 2.45) is 0 Å². The molecule has 2 rings (SSSR count). The molecule has 3 nitrogen and oxygen atoms in total. The highest BCUT2D eigenvalue weighted by molar-refractivity contribution is 6.35. The minimum absolute atomic E-state index is 0.119. The van der Waals surface area contributed by atoms with Gasteiger partial charge in [-0.1, -0.05) is 42.1 Å². The highest BCUT2D eigenvalue weighted by Crippen LogP contribution is 2.41. The molecule has 0 saturated heterocycles. The topological polar surface area (TPSA) is 27.3 Å². The fourth-order valence-corrected chi connectivity index (χ4v) is 4.10. The Labute approximate surface area is 144 Å². The van der Waals surface area contributed by atoms with Crippen molar-refractivity contribution in [1.82, 2.24) is 15.5 Å². The molecule has 5 heteroatoms. The van der Waals surface area contributed by atoms with E-state index in [9.17, 15) is 0 Å². The Bertz CT molecular complexity index is 493. The maximum absolute atomic E-state index is 6.52. The van der Waals surface area contributed by atoms with Crippen molar-refractivity contribution in [2.75, 3.05) is 34.2 Å². The lowest BCUT2D eigenvalue weighted by atomic mass is 9.72. The van der Waals surface area contributed by atoms with Gasteiger partial charge in [0.15, 0.2) is 0 Å². The van der Waals surface area contributed by atoms with Gasteiger partial charge in [0.1, 0.15) is 0 Å². The first-order chi connectivity index (χ1) is 10.5. The molecule has 124 valence electrons. The van der Waals surface area contributed by atoms with Crippen LogP contribution in [0.2, 0.25) is 10.0 Å². The molecule has 0 spiro atoms. The van der Waals surface area contributed by atoms with Gasteiger partial charge in [0.25, 0.3) is 0 Å². The van der Waals surface area contributed by atoms with Gasteiger partial charge in [-0.3, -0.25) is 0 Å². The zero-order chi connectivity index (χ0) is 16.2. The van der Waals surface area contributed by atoms with Crippen molar-refractivity contribution in [3.05, 3.63) is 33.8 Å². The van der Waals surface area contributed by atoms with Gasteiger partial charge in [0.05, 0.1) is 5.54 Å². The number of hydrogen-bond acceptors (Lipinski definition) is 3. The third-order valence-electron chi connectivity index (χ3n) is 4.72. The predicted octanol–water partition coefficient (Wildman–Crippen LogP) is 3.50. The molecule has 1 aliphatic carbocycles. The van der Waals surface area contributed by atoms with Crippen LogP contribution in [0.4, 0.5) is 0 Å². The van der Waals surface area contributed by atoms with Crippen LogP contribution in [0, 0.1) is 0 Å². The van der Waals surface area contributed by atoms with Crippen LogP contribution in [-0.2, 0) is 5.54 Å². The molecular weight excluding hydrogens is 317 g/mol. The molecule has 2 N–H and O–H groups in total. The Balaban J connectivity index is 2.26. The van der Waals surface area contributed by atoms with E-state index in [4.69, 9.17) is 23.2 Å². The first-order valence-corrected chi connectivity index (χ1v) is 8.78. The average Bonchev–Trinajstić information content (AvgIpc) is 2.48. The lowest BCUT2D eigenvalue weighted by Gasteiger charge is -2.45. The molecule has 22 heavy (non-hydrogen) atoms. The summed E-state index contributed by atoms with van der Waals surface area (Å²) in [4.78, 5) is 2.20. The van der Waals surface area contributed by atoms with Gasteiger partial charge in [-0.25, -0.2) is 0 Å². The van der Waals surface area contributed by atoms with Crippen molar-refractivity contribution >= 4 is 23.2 Å². The molecule has 1 saturated carbocycles.